The monoisotopic (exact) mass is 589 g/mol. The van der Waals surface area contributed by atoms with Gasteiger partial charge in [-0.05, 0) is 64.2 Å². The third-order valence-electron chi connectivity index (χ3n) is 8.41. The molecule has 42 heavy (non-hydrogen) atoms. The summed E-state index contributed by atoms with van der Waals surface area (Å²) in [6.45, 7) is 0. The van der Waals surface area contributed by atoms with Gasteiger partial charge in [0.25, 0.3) is 0 Å². The van der Waals surface area contributed by atoms with Crippen molar-refractivity contribution >= 4 is 11.8 Å². The Bertz CT molecular complexity index is 575. The molecule has 0 saturated heterocycles. The lowest BCUT2D eigenvalue weighted by atomic mass is 10.0. The number of amides is 2. The second-order valence-corrected chi connectivity index (χ2v) is 12.7. The summed E-state index contributed by atoms with van der Waals surface area (Å²) in [5.74, 6) is -0.329. The van der Waals surface area contributed by atoms with Gasteiger partial charge >= 0.3 is 0 Å². The summed E-state index contributed by atoms with van der Waals surface area (Å²) in [4.78, 5) is 21.4. The molecule has 4 nitrogen and oxygen atoms in total. The van der Waals surface area contributed by atoms with E-state index in [-0.39, 0.29) is 11.8 Å². The van der Waals surface area contributed by atoms with Crippen molar-refractivity contribution in [1.29, 1.82) is 0 Å². The van der Waals surface area contributed by atoms with E-state index in [9.17, 15) is 9.59 Å². The van der Waals surface area contributed by atoms with Crippen molar-refractivity contribution in [1.82, 2.24) is 0 Å². The minimum Gasteiger partial charge on any atom is -0.370 e. The molecule has 0 fully saturated rings. The average molecular weight is 589 g/mol. The summed E-state index contributed by atoms with van der Waals surface area (Å²) in [5, 5.41) is 0. The smallest absolute Gasteiger partial charge is 0.217 e. The van der Waals surface area contributed by atoms with Crippen molar-refractivity contribution in [2.24, 2.45) is 11.5 Å². The number of hydrogen-bond donors (Lipinski definition) is 2. The topological polar surface area (TPSA) is 86.2 Å². The molecule has 0 aromatic heterocycles. The largest absolute Gasteiger partial charge is 0.370 e. The summed E-state index contributed by atoms with van der Waals surface area (Å²) < 4.78 is 0. The molecule has 0 rings (SSSR count). The summed E-state index contributed by atoms with van der Waals surface area (Å²) in [5.41, 5.74) is 10.3. The fourth-order valence-corrected chi connectivity index (χ4v) is 5.65. The van der Waals surface area contributed by atoms with Crippen LogP contribution in [-0.4, -0.2) is 11.8 Å². The Morgan fingerprint density at radius 3 is 0.643 bits per heavy atom. The van der Waals surface area contributed by atoms with Gasteiger partial charge in [-0.2, -0.15) is 0 Å². The lowest BCUT2D eigenvalue weighted by Gasteiger charge is -2.03. The van der Waals surface area contributed by atoms with Crippen molar-refractivity contribution in [3.8, 4) is 0 Å². The van der Waals surface area contributed by atoms with Crippen LogP contribution in [0.15, 0.2) is 24.3 Å². The lowest BCUT2D eigenvalue weighted by molar-refractivity contribution is -0.119. The van der Waals surface area contributed by atoms with Gasteiger partial charge in [0, 0.05) is 12.8 Å². The second kappa shape index (κ2) is 35.6. The van der Waals surface area contributed by atoms with Crippen molar-refractivity contribution < 1.29 is 9.59 Å². The van der Waals surface area contributed by atoms with Crippen molar-refractivity contribution in [3.05, 3.63) is 24.3 Å². The third-order valence-corrected chi connectivity index (χ3v) is 8.41. The van der Waals surface area contributed by atoms with E-state index in [1.807, 2.05) is 0 Å². The van der Waals surface area contributed by atoms with Crippen LogP contribution >= 0.6 is 0 Å². The van der Waals surface area contributed by atoms with E-state index in [0.717, 1.165) is 25.7 Å². The van der Waals surface area contributed by atoms with Gasteiger partial charge in [0.05, 0.1) is 0 Å². The quantitative estimate of drug-likeness (QED) is 0.0570. The molecular weight excluding hydrogens is 516 g/mol. The zero-order valence-corrected chi connectivity index (χ0v) is 27.9. The number of allylic oxidation sites excluding steroid dienone is 4. The number of carbonyl (C=O) groups is 2. The Hall–Kier alpha value is -1.58. The molecular formula is C38H72N2O2. The fourth-order valence-electron chi connectivity index (χ4n) is 5.65. The van der Waals surface area contributed by atoms with Crippen molar-refractivity contribution in [3.63, 3.8) is 0 Å². The number of carbonyl (C=O) groups excluding carboxylic acids is 2. The van der Waals surface area contributed by atoms with E-state index >= 15 is 0 Å². The van der Waals surface area contributed by atoms with Gasteiger partial charge in [0.2, 0.25) is 11.8 Å². The molecule has 246 valence electrons. The summed E-state index contributed by atoms with van der Waals surface area (Å²) in [6.07, 6.45) is 50.0. The van der Waals surface area contributed by atoms with E-state index in [4.69, 9.17) is 11.5 Å². The van der Waals surface area contributed by atoms with Crippen LogP contribution in [0.4, 0.5) is 0 Å². The van der Waals surface area contributed by atoms with Gasteiger partial charge in [-0.15, -0.1) is 0 Å². The molecule has 0 bridgehead atoms. The van der Waals surface area contributed by atoms with Crippen LogP contribution in [0, 0.1) is 0 Å². The molecule has 0 aromatic carbocycles. The highest BCUT2D eigenvalue weighted by Crippen LogP contribution is 2.15. The number of rotatable bonds is 35. The SMILES string of the molecule is NC(=O)CCCCCCC/C=C\CCCCCCCCCCCCCCCCCC/C=C\CCCCCCCC(N)=O. The Kier molecular flexibility index (Phi) is 34.3. The van der Waals surface area contributed by atoms with E-state index < -0.39 is 0 Å². The Balaban J connectivity index is 3.13. The van der Waals surface area contributed by atoms with Gasteiger partial charge in [-0.3, -0.25) is 9.59 Å². The number of unbranched alkanes of at least 4 members (excludes halogenated alkanes) is 27. The van der Waals surface area contributed by atoms with E-state index in [1.54, 1.807) is 0 Å². The molecule has 2 amide bonds. The molecule has 0 aliphatic carbocycles. The van der Waals surface area contributed by atoms with E-state index in [2.05, 4.69) is 24.3 Å². The van der Waals surface area contributed by atoms with Crippen LogP contribution in [0.3, 0.4) is 0 Å². The molecule has 0 heterocycles. The first-order valence-electron chi connectivity index (χ1n) is 18.5. The molecule has 0 atom stereocenters. The molecule has 0 unspecified atom stereocenters. The number of primary amides is 2. The average Bonchev–Trinajstić information content (AvgIpc) is 2.96. The van der Waals surface area contributed by atoms with Gasteiger partial charge in [0.1, 0.15) is 0 Å². The van der Waals surface area contributed by atoms with Crippen molar-refractivity contribution in [2.45, 2.75) is 205 Å². The van der Waals surface area contributed by atoms with Crippen LogP contribution in [0.5, 0.6) is 0 Å². The molecule has 0 saturated carbocycles. The first-order valence-corrected chi connectivity index (χ1v) is 18.5. The van der Waals surface area contributed by atoms with Crippen LogP contribution in [0.1, 0.15) is 205 Å². The minimum absolute atomic E-state index is 0.164. The number of nitrogens with two attached hydrogens (primary N) is 2. The maximum absolute atomic E-state index is 10.7. The van der Waals surface area contributed by atoms with Crippen LogP contribution in [0.25, 0.3) is 0 Å². The van der Waals surface area contributed by atoms with E-state index in [1.165, 1.54) is 167 Å². The highest BCUT2D eigenvalue weighted by Gasteiger charge is 1.97. The zero-order valence-electron chi connectivity index (χ0n) is 27.9. The maximum atomic E-state index is 10.7. The van der Waals surface area contributed by atoms with Crippen LogP contribution < -0.4 is 11.5 Å². The van der Waals surface area contributed by atoms with Crippen LogP contribution in [0.2, 0.25) is 0 Å². The van der Waals surface area contributed by atoms with E-state index in [0.29, 0.717) is 12.8 Å². The first kappa shape index (κ1) is 40.4. The van der Waals surface area contributed by atoms with Gasteiger partial charge in [-0.25, -0.2) is 0 Å². The van der Waals surface area contributed by atoms with Gasteiger partial charge in [-0.1, -0.05) is 153 Å². The Labute approximate surface area is 262 Å². The van der Waals surface area contributed by atoms with Gasteiger partial charge in [0.15, 0.2) is 0 Å². The third kappa shape index (κ3) is 38.4. The molecule has 0 aromatic rings. The van der Waals surface area contributed by atoms with Crippen LogP contribution in [-0.2, 0) is 9.59 Å². The maximum Gasteiger partial charge on any atom is 0.217 e. The Morgan fingerprint density at radius 1 is 0.286 bits per heavy atom. The summed E-state index contributed by atoms with van der Waals surface area (Å²) in [6, 6.07) is 0. The van der Waals surface area contributed by atoms with Gasteiger partial charge < -0.3 is 11.5 Å². The molecule has 4 heteroatoms. The molecule has 4 N–H and O–H groups in total. The second-order valence-electron chi connectivity index (χ2n) is 12.7. The number of hydrogen-bond acceptors (Lipinski definition) is 2. The standard InChI is InChI=1S/C38H72N2O2/c39-37(41)35-33-31-29-27-25-23-21-19-17-15-13-11-9-7-5-3-1-2-4-6-8-10-12-14-16-18-20-22-24-26-28-30-32-34-36-38(40)42/h19-22H,1-18,23-36H2,(H2,39,41)(H2,40,42)/b21-19-,22-20-. The first-order chi connectivity index (χ1) is 20.6. The minimum atomic E-state index is -0.164. The predicted molar refractivity (Wildman–Crippen MR) is 184 cm³/mol. The predicted octanol–water partition coefficient (Wildman–Crippen LogP) is 11.6. The zero-order chi connectivity index (χ0) is 30.6. The van der Waals surface area contributed by atoms with Crippen molar-refractivity contribution in [2.75, 3.05) is 0 Å². The molecule has 0 spiro atoms. The summed E-state index contributed by atoms with van der Waals surface area (Å²) >= 11 is 0. The lowest BCUT2D eigenvalue weighted by Crippen LogP contribution is -2.09. The summed E-state index contributed by atoms with van der Waals surface area (Å²) in [7, 11) is 0. The Morgan fingerprint density at radius 2 is 0.452 bits per heavy atom. The highest BCUT2D eigenvalue weighted by molar-refractivity contribution is 5.73. The highest BCUT2D eigenvalue weighted by atomic mass is 16.1. The fraction of sp³-hybridized carbons (Fsp3) is 0.842. The molecule has 0 aliphatic rings. The molecule has 0 aliphatic heterocycles. The molecule has 0 radical (unpaired) electrons. The normalized spacial score (nSPS) is 11.7.